The van der Waals surface area contributed by atoms with Crippen molar-refractivity contribution in [1.82, 2.24) is 19.1 Å². The molecule has 38 heavy (non-hydrogen) atoms. The number of benzene rings is 3. The number of allylic oxidation sites excluding steroid dienone is 1. The van der Waals surface area contributed by atoms with E-state index in [2.05, 4.69) is 20.5 Å². The first kappa shape index (κ1) is 24.7. The second-order valence-corrected chi connectivity index (χ2v) is 8.83. The van der Waals surface area contributed by atoms with Crippen LogP contribution in [0.3, 0.4) is 0 Å². The number of nitrogens with zero attached hydrogens (tertiary/aromatic N) is 5. The van der Waals surface area contributed by atoms with Gasteiger partial charge in [-0.3, -0.25) is 29.0 Å². The van der Waals surface area contributed by atoms with E-state index in [0.717, 1.165) is 16.3 Å². The maximum Gasteiger partial charge on any atom is 0.329 e. The van der Waals surface area contributed by atoms with E-state index in [0.29, 0.717) is 5.56 Å². The van der Waals surface area contributed by atoms with Gasteiger partial charge in [0, 0.05) is 19.2 Å². The zero-order valence-corrected chi connectivity index (χ0v) is 20.7. The summed E-state index contributed by atoms with van der Waals surface area (Å²) in [5.74, 6) is 0.232. The number of halogens is 1. The summed E-state index contributed by atoms with van der Waals surface area (Å²) < 4.78 is 2.91. The number of aryl methyl sites for hydroxylation is 1. The van der Waals surface area contributed by atoms with Gasteiger partial charge < -0.3 is 0 Å². The molecule has 0 bridgehead atoms. The van der Waals surface area contributed by atoms with Crippen LogP contribution in [0.2, 0.25) is 0 Å². The number of nitro benzene ring substituents is 1. The molecule has 2 aromatic heterocycles. The minimum absolute atomic E-state index is 0.0249. The SMILES string of the molecule is Cn1c(=O)[nH]c(=O)c2c1nc(NN=CC(Cl)=Cc1ccc([N+](=O)[O-])cc1)n2Cc1cccc2ccccc12. The van der Waals surface area contributed by atoms with E-state index in [9.17, 15) is 19.7 Å². The van der Waals surface area contributed by atoms with Gasteiger partial charge in [-0.05, 0) is 40.1 Å². The second-order valence-electron chi connectivity index (χ2n) is 8.40. The fraction of sp³-hybridized carbons (Fsp3) is 0.0769. The number of hydrogen-bond acceptors (Lipinski definition) is 7. The predicted molar refractivity (Wildman–Crippen MR) is 148 cm³/mol. The van der Waals surface area contributed by atoms with Gasteiger partial charge in [0.05, 0.1) is 22.7 Å². The first-order valence-corrected chi connectivity index (χ1v) is 11.8. The van der Waals surface area contributed by atoms with Crippen molar-refractivity contribution in [2.45, 2.75) is 6.54 Å². The average Bonchev–Trinajstić information content (AvgIpc) is 3.26. The number of hydrazone groups is 1. The number of H-pyrrole nitrogens is 1. The van der Waals surface area contributed by atoms with Crippen molar-refractivity contribution in [2.75, 3.05) is 5.43 Å². The zero-order chi connectivity index (χ0) is 26.8. The van der Waals surface area contributed by atoms with Gasteiger partial charge in [-0.1, -0.05) is 54.1 Å². The number of nitrogens with one attached hydrogen (secondary N) is 2. The normalized spacial score (nSPS) is 12.0. The Morgan fingerprint density at radius 2 is 1.87 bits per heavy atom. The maximum absolute atomic E-state index is 12.8. The van der Waals surface area contributed by atoms with Gasteiger partial charge >= 0.3 is 5.69 Å². The lowest BCUT2D eigenvalue weighted by Crippen LogP contribution is -2.29. The van der Waals surface area contributed by atoms with E-state index in [1.807, 2.05) is 42.5 Å². The molecule has 0 unspecified atom stereocenters. The van der Waals surface area contributed by atoms with Crippen molar-refractivity contribution in [2.24, 2.45) is 12.1 Å². The Hall–Kier alpha value is -5.03. The highest BCUT2D eigenvalue weighted by molar-refractivity contribution is 6.41. The van der Waals surface area contributed by atoms with Gasteiger partial charge in [0.2, 0.25) is 5.95 Å². The van der Waals surface area contributed by atoms with Gasteiger partial charge in [-0.25, -0.2) is 10.2 Å². The highest BCUT2D eigenvalue weighted by Gasteiger charge is 2.18. The third-order valence-corrected chi connectivity index (χ3v) is 6.18. The molecular weight excluding hydrogens is 510 g/mol. The van der Waals surface area contributed by atoms with Crippen molar-refractivity contribution in [3.05, 3.63) is 114 Å². The molecule has 190 valence electrons. The molecule has 11 nitrogen and oxygen atoms in total. The van der Waals surface area contributed by atoms with E-state index in [1.54, 1.807) is 22.8 Å². The lowest BCUT2D eigenvalue weighted by atomic mass is 10.0. The molecule has 0 aliphatic rings. The van der Waals surface area contributed by atoms with Crippen LogP contribution in [0.15, 0.2) is 86.5 Å². The molecule has 0 atom stereocenters. The molecule has 3 aromatic carbocycles. The molecule has 0 amide bonds. The van der Waals surface area contributed by atoms with Gasteiger partial charge in [0.15, 0.2) is 11.2 Å². The van der Waals surface area contributed by atoms with Gasteiger partial charge in [-0.2, -0.15) is 10.1 Å². The quantitative estimate of drug-likeness (QED) is 0.184. The standard InChI is InChI=1S/C26H20ClN7O4/c1-32-23-22(24(35)30-26(32)36)33(15-18-7-4-6-17-5-2-3-8-21(17)18)25(29-23)31-28-14-19(27)13-16-9-11-20(12-10-16)34(37)38/h2-14H,15H2,1H3,(H,29,31)(H,30,35,36). The number of aromatic amines is 1. The smallest absolute Gasteiger partial charge is 0.298 e. The van der Waals surface area contributed by atoms with Crippen LogP contribution in [0.5, 0.6) is 0 Å². The van der Waals surface area contributed by atoms with Crippen molar-refractivity contribution < 1.29 is 4.92 Å². The molecule has 2 heterocycles. The summed E-state index contributed by atoms with van der Waals surface area (Å²) in [5.41, 5.74) is 3.66. The predicted octanol–water partition coefficient (Wildman–Crippen LogP) is 4.21. The Morgan fingerprint density at radius 3 is 2.63 bits per heavy atom. The average molecular weight is 530 g/mol. The maximum atomic E-state index is 12.8. The van der Waals surface area contributed by atoms with Crippen LogP contribution in [0.4, 0.5) is 11.6 Å². The van der Waals surface area contributed by atoms with Crippen molar-refractivity contribution >= 4 is 57.5 Å². The number of rotatable bonds is 7. The van der Waals surface area contributed by atoms with Crippen LogP contribution in [-0.4, -0.2) is 30.2 Å². The summed E-state index contributed by atoms with van der Waals surface area (Å²) in [6.45, 7) is 0.281. The fourth-order valence-electron chi connectivity index (χ4n) is 4.11. The number of imidazole rings is 1. The molecule has 0 spiro atoms. The van der Waals surface area contributed by atoms with Crippen molar-refractivity contribution in [1.29, 1.82) is 0 Å². The minimum atomic E-state index is -0.582. The summed E-state index contributed by atoms with van der Waals surface area (Å²) >= 11 is 6.28. The molecule has 12 heteroatoms. The zero-order valence-electron chi connectivity index (χ0n) is 20.0. The summed E-state index contributed by atoms with van der Waals surface area (Å²) in [6, 6.07) is 19.7. The molecule has 0 saturated carbocycles. The number of fused-ring (bicyclic) bond motifs is 2. The van der Waals surface area contributed by atoms with Crippen LogP contribution in [-0.2, 0) is 13.6 Å². The van der Waals surface area contributed by atoms with Crippen molar-refractivity contribution in [3.63, 3.8) is 0 Å². The Bertz CT molecular complexity index is 1860. The molecule has 0 radical (unpaired) electrons. The Morgan fingerprint density at radius 1 is 1.13 bits per heavy atom. The highest BCUT2D eigenvalue weighted by Crippen LogP contribution is 2.23. The molecule has 0 saturated heterocycles. The van der Waals surface area contributed by atoms with Gasteiger partial charge in [0.25, 0.3) is 11.2 Å². The first-order chi connectivity index (χ1) is 18.3. The van der Waals surface area contributed by atoms with E-state index in [4.69, 9.17) is 11.6 Å². The number of non-ortho nitro benzene ring substituents is 1. The third-order valence-electron chi connectivity index (χ3n) is 5.98. The Balaban J connectivity index is 1.51. The number of hydrogen-bond donors (Lipinski definition) is 2. The monoisotopic (exact) mass is 529 g/mol. The van der Waals surface area contributed by atoms with Crippen molar-refractivity contribution in [3.8, 4) is 0 Å². The summed E-state index contributed by atoms with van der Waals surface area (Å²) in [4.78, 5) is 42.2. The molecule has 0 aliphatic carbocycles. The van der Waals surface area contributed by atoms with Crippen LogP contribution < -0.4 is 16.7 Å². The lowest BCUT2D eigenvalue weighted by Gasteiger charge is -2.11. The Labute approximate surface area is 219 Å². The minimum Gasteiger partial charge on any atom is -0.298 e. The number of aromatic nitrogens is 4. The van der Waals surface area contributed by atoms with Gasteiger partial charge in [-0.15, -0.1) is 0 Å². The molecule has 0 fully saturated rings. The van der Waals surface area contributed by atoms with Crippen LogP contribution in [0, 0.1) is 10.1 Å². The van der Waals surface area contributed by atoms with Crippen LogP contribution >= 0.6 is 11.6 Å². The second kappa shape index (κ2) is 10.1. The summed E-state index contributed by atoms with van der Waals surface area (Å²) in [5, 5.41) is 17.3. The molecular formula is C26H20ClN7O4. The lowest BCUT2D eigenvalue weighted by molar-refractivity contribution is -0.384. The van der Waals surface area contributed by atoms with Crippen LogP contribution in [0.25, 0.3) is 28.0 Å². The van der Waals surface area contributed by atoms with E-state index in [1.165, 1.54) is 30.0 Å². The molecule has 0 aliphatic heterocycles. The molecule has 5 aromatic rings. The van der Waals surface area contributed by atoms with Crippen LogP contribution in [0.1, 0.15) is 11.1 Å². The number of nitro groups is 1. The van der Waals surface area contributed by atoms with Gasteiger partial charge in [0.1, 0.15) is 0 Å². The third kappa shape index (κ3) is 4.82. The molecule has 2 N–H and O–H groups in total. The summed E-state index contributed by atoms with van der Waals surface area (Å²) in [7, 11) is 1.52. The largest absolute Gasteiger partial charge is 0.329 e. The van der Waals surface area contributed by atoms with E-state index < -0.39 is 16.2 Å². The number of anilines is 1. The topological polar surface area (TPSA) is 140 Å². The summed E-state index contributed by atoms with van der Waals surface area (Å²) in [6.07, 6.45) is 2.93. The fourth-order valence-corrected chi connectivity index (χ4v) is 4.29. The Kier molecular flexibility index (Phi) is 6.58. The molecule has 5 rings (SSSR count). The highest BCUT2D eigenvalue weighted by atomic mass is 35.5. The first-order valence-electron chi connectivity index (χ1n) is 11.4. The van der Waals surface area contributed by atoms with E-state index >= 15 is 0 Å². The van der Waals surface area contributed by atoms with E-state index in [-0.39, 0.29) is 34.4 Å².